The van der Waals surface area contributed by atoms with Crippen molar-refractivity contribution < 1.29 is 19.4 Å². The van der Waals surface area contributed by atoms with Crippen LogP contribution >= 0.6 is 11.3 Å². The molecule has 0 spiro atoms. The Morgan fingerprint density at radius 1 is 1.28 bits per heavy atom. The molecule has 0 aliphatic heterocycles. The number of fused-ring (bicyclic) bond motifs is 2. The topological polar surface area (TPSA) is 126 Å². The number of aromatic nitrogens is 3. The van der Waals surface area contributed by atoms with Crippen LogP contribution in [0.25, 0.3) is 21.3 Å². The van der Waals surface area contributed by atoms with Crippen molar-refractivity contribution in [2.45, 2.75) is 44.2 Å². The molecule has 1 aromatic carbocycles. The maximum Gasteiger partial charge on any atom is 0.341 e. The minimum absolute atomic E-state index is 0.102. The van der Waals surface area contributed by atoms with Gasteiger partial charge in [0.15, 0.2) is 5.75 Å². The SMILES string of the molecule is COc1c(-c2cc3c(s2)CCCC3NC(=O)c2cn[nH]c2)ccc2c(=O)c(C(=O)O)cn(C3CC3)c12. The van der Waals surface area contributed by atoms with E-state index >= 15 is 0 Å². The van der Waals surface area contributed by atoms with Crippen molar-refractivity contribution in [1.82, 2.24) is 20.1 Å². The van der Waals surface area contributed by atoms with Gasteiger partial charge in [-0.25, -0.2) is 4.79 Å². The molecule has 184 valence electrons. The summed E-state index contributed by atoms with van der Waals surface area (Å²) < 4.78 is 7.77. The van der Waals surface area contributed by atoms with Crippen LogP contribution in [0.5, 0.6) is 5.75 Å². The van der Waals surface area contributed by atoms with Gasteiger partial charge in [-0.05, 0) is 55.9 Å². The number of rotatable bonds is 6. The van der Waals surface area contributed by atoms with E-state index in [1.165, 1.54) is 17.3 Å². The van der Waals surface area contributed by atoms with E-state index in [0.717, 1.165) is 48.1 Å². The molecule has 3 heterocycles. The lowest BCUT2D eigenvalue weighted by atomic mass is 9.93. The van der Waals surface area contributed by atoms with Crippen molar-refractivity contribution in [3.05, 3.63) is 68.6 Å². The number of pyridine rings is 1. The van der Waals surface area contributed by atoms with E-state index in [4.69, 9.17) is 4.74 Å². The predicted octanol–water partition coefficient (Wildman–Crippen LogP) is 4.30. The van der Waals surface area contributed by atoms with Crippen molar-refractivity contribution in [1.29, 1.82) is 0 Å². The van der Waals surface area contributed by atoms with Gasteiger partial charge in [-0.3, -0.25) is 14.7 Å². The number of hydrogen-bond acceptors (Lipinski definition) is 6. The highest BCUT2D eigenvalue weighted by molar-refractivity contribution is 7.15. The molecule has 1 fully saturated rings. The predicted molar refractivity (Wildman–Crippen MR) is 135 cm³/mol. The lowest BCUT2D eigenvalue weighted by Crippen LogP contribution is -2.30. The average Bonchev–Trinajstić information content (AvgIpc) is 3.38. The third-order valence-corrected chi connectivity index (χ3v) is 8.21. The molecule has 36 heavy (non-hydrogen) atoms. The van der Waals surface area contributed by atoms with Crippen molar-refractivity contribution in [2.75, 3.05) is 7.11 Å². The van der Waals surface area contributed by atoms with Gasteiger partial charge in [0.05, 0.1) is 35.8 Å². The summed E-state index contributed by atoms with van der Waals surface area (Å²) in [6, 6.07) is 5.69. The van der Waals surface area contributed by atoms with Gasteiger partial charge in [-0.15, -0.1) is 11.3 Å². The van der Waals surface area contributed by atoms with Crippen molar-refractivity contribution in [3.8, 4) is 16.2 Å². The second kappa shape index (κ2) is 8.63. The first kappa shape index (κ1) is 22.5. The fourth-order valence-corrected chi connectivity index (χ4v) is 6.35. The highest BCUT2D eigenvalue weighted by atomic mass is 32.1. The standard InChI is InChI=1S/C26H24N4O5S/c1-35-24-15(7-8-16-22(24)30(14-5-6-14)12-18(23(16)31)26(33)34)21-9-17-19(3-2-4-20(17)36-21)29-25(32)13-10-27-28-11-13/h7-12,14,19H,2-6H2,1H3,(H,27,28)(H,29,32)(H,33,34). The van der Waals surface area contributed by atoms with E-state index in [9.17, 15) is 19.5 Å². The Kier molecular flexibility index (Phi) is 5.40. The monoisotopic (exact) mass is 504 g/mol. The van der Waals surface area contributed by atoms with Crippen molar-refractivity contribution in [3.63, 3.8) is 0 Å². The number of thiophene rings is 1. The third-order valence-electron chi connectivity index (χ3n) is 6.97. The quantitative estimate of drug-likeness (QED) is 0.359. The summed E-state index contributed by atoms with van der Waals surface area (Å²) in [6.07, 6.45) is 9.14. The van der Waals surface area contributed by atoms with Crippen LogP contribution in [0, 0.1) is 0 Å². The van der Waals surface area contributed by atoms with Crippen LogP contribution in [0.2, 0.25) is 0 Å². The zero-order valence-electron chi connectivity index (χ0n) is 19.5. The maximum absolute atomic E-state index is 13.0. The smallest absolute Gasteiger partial charge is 0.341 e. The Morgan fingerprint density at radius 2 is 2.11 bits per heavy atom. The molecule has 0 radical (unpaired) electrons. The Bertz CT molecular complexity index is 1570. The largest absolute Gasteiger partial charge is 0.494 e. The number of aromatic carboxylic acids is 1. The molecule has 0 saturated heterocycles. The molecule has 1 unspecified atom stereocenters. The number of nitrogens with one attached hydrogen (secondary N) is 2. The van der Waals surface area contributed by atoms with Crippen LogP contribution in [0.1, 0.15) is 68.9 Å². The Hall–Kier alpha value is -3.92. The molecule has 2 aliphatic carbocycles. The maximum atomic E-state index is 13.0. The molecule has 3 aromatic heterocycles. The van der Waals surface area contributed by atoms with Crippen LogP contribution in [-0.4, -0.2) is 38.9 Å². The van der Waals surface area contributed by atoms with E-state index in [1.807, 2.05) is 10.6 Å². The lowest BCUT2D eigenvalue weighted by molar-refractivity contribution is 0.0694. The lowest BCUT2D eigenvalue weighted by Gasteiger charge is -2.23. The number of ether oxygens (including phenoxy) is 1. The van der Waals surface area contributed by atoms with E-state index in [2.05, 4.69) is 21.6 Å². The summed E-state index contributed by atoms with van der Waals surface area (Å²) in [4.78, 5) is 39.6. The number of amides is 1. The highest BCUT2D eigenvalue weighted by Gasteiger charge is 2.30. The molecule has 4 aromatic rings. The molecule has 1 saturated carbocycles. The summed E-state index contributed by atoms with van der Waals surface area (Å²) in [6.45, 7) is 0. The second-order valence-corrected chi connectivity index (χ2v) is 10.4. The Balaban J connectivity index is 1.46. The van der Waals surface area contributed by atoms with Crippen LogP contribution in [0.15, 0.2) is 41.6 Å². The molecule has 3 N–H and O–H groups in total. The highest BCUT2D eigenvalue weighted by Crippen LogP contribution is 2.46. The number of carbonyl (C=O) groups is 2. The summed E-state index contributed by atoms with van der Waals surface area (Å²) in [5.41, 5.74) is 2.33. The number of carboxylic acids is 1. The van der Waals surface area contributed by atoms with E-state index in [0.29, 0.717) is 22.2 Å². The average molecular weight is 505 g/mol. The Morgan fingerprint density at radius 3 is 2.81 bits per heavy atom. The molecular formula is C26H24N4O5S. The molecule has 2 aliphatic rings. The molecule has 1 atom stereocenters. The van der Waals surface area contributed by atoms with Gasteiger partial charge in [0, 0.05) is 33.8 Å². The molecule has 0 bridgehead atoms. The fourth-order valence-electron chi connectivity index (χ4n) is 5.07. The van der Waals surface area contributed by atoms with Gasteiger partial charge in [0.25, 0.3) is 5.91 Å². The van der Waals surface area contributed by atoms with E-state index < -0.39 is 11.4 Å². The number of methoxy groups -OCH3 is 1. The number of hydrogen-bond donors (Lipinski definition) is 3. The number of nitrogens with zero attached hydrogens (tertiary/aromatic N) is 2. The first-order valence-electron chi connectivity index (χ1n) is 11.9. The zero-order chi connectivity index (χ0) is 25.0. The molecular weight excluding hydrogens is 480 g/mol. The molecule has 6 rings (SSSR count). The number of H-pyrrole nitrogens is 1. The number of aryl methyl sites for hydroxylation is 1. The van der Waals surface area contributed by atoms with Gasteiger partial charge >= 0.3 is 5.97 Å². The number of carboxylic acid groups (broad SMARTS) is 1. The van der Waals surface area contributed by atoms with E-state index in [1.54, 1.807) is 30.7 Å². The van der Waals surface area contributed by atoms with Crippen LogP contribution in [0.4, 0.5) is 0 Å². The summed E-state index contributed by atoms with van der Waals surface area (Å²) >= 11 is 1.67. The fraction of sp³-hybridized carbons (Fsp3) is 0.308. The Labute approximate surface area is 209 Å². The number of carbonyl (C=O) groups excluding carboxylic acids is 1. The third kappa shape index (κ3) is 3.69. The van der Waals surface area contributed by atoms with E-state index in [-0.39, 0.29) is 23.6 Å². The summed E-state index contributed by atoms with van der Waals surface area (Å²) in [7, 11) is 1.58. The van der Waals surface area contributed by atoms with Crippen molar-refractivity contribution >= 4 is 34.1 Å². The number of benzene rings is 1. The van der Waals surface area contributed by atoms with Gasteiger partial charge in [0.2, 0.25) is 5.43 Å². The van der Waals surface area contributed by atoms with Gasteiger partial charge in [0.1, 0.15) is 5.56 Å². The van der Waals surface area contributed by atoms with Crippen LogP contribution < -0.4 is 15.5 Å². The first-order valence-corrected chi connectivity index (χ1v) is 12.7. The minimum Gasteiger partial charge on any atom is -0.494 e. The summed E-state index contributed by atoms with van der Waals surface area (Å²) in [5, 5.41) is 19.6. The molecule has 10 heteroatoms. The minimum atomic E-state index is -1.23. The van der Waals surface area contributed by atoms with Gasteiger partial charge < -0.3 is 19.7 Å². The van der Waals surface area contributed by atoms with Gasteiger partial charge in [-0.1, -0.05) is 0 Å². The van der Waals surface area contributed by atoms with Crippen LogP contribution in [-0.2, 0) is 6.42 Å². The first-order chi connectivity index (χ1) is 17.5. The normalized spacial score (nSPS) is 17.1. The van der Waals surface area contributed by atoms with Gasteiger partial charge in [-0.2, -0.15) is 5.10 Å². The number of aromatic amines is 1. The second-order valence-electron chi connectivity index (χ2n) is 9.25. The van der Waals surface area contributed by atoms with Crippen molar-refractivity contribution in [2.24, 2.45) is 0 Å². The zero-order valence-corrected chi connectivity index (χ0v) is 20.4. The molecule has 1 amide bonds. The summed E-state index contributed by atoms with van der Waals surface area (Å²) in [5.74, 6) is -0.833. The van der Waals surface area contributed by atoms with Crippen LogP contribution in [0.3, 0.4) is 0 Å². The molecule has 9 nitrogen and oxygen atoms in total.